The van der Waals surface area contributed by atoms with Crippen molar-refractivity contribution >= 4 is 5.91 Å². The van der Waals surface area contributed by atoms with E-state index >= 15 is 0 Å². The van der Waals surface area contributed by atoms with Crippen molar-refractivity contribution in [3.8, 4) is 11.5 Å². The number of nitrogens with one attached hydrogen (secondary N) is 1. The van der Waals surface area contributed by atoms with Gasteiger partial charge in [0.05, 0.1) is 13.7 Å². The number of hydrogen-bond donors (Lipinski definition) is 1. The summed E-state index contributed by atoms with van der Waals surface area (Å²) < 4.78 is 28.2. The van der Waals surface area contributed by atoms with Gasteiger partial charge in [0.2, 0.25) is 0 Å². The van der Waals surface area contributed by atoms with Crippen molar-refractivity contribution in [2.75, 3.05) is 26.8 Å². The molecule has 0 radical (unpaired) electrons. The number of carbonyl (C=O) groups excluding carboxylic acids is 1. The molecule has 3 atom stereocenters. The van der Waals surface area contributed by atoms with Gasteiger partial charge >= 0.3 is 0 Å². The lowest BCUT2D eigenvalue weighted by molar-refractivity contribution is 0.0537. The molecule has 3 heterocycles. The highest BCUT2D eigenvalue weighted by Crippen LogP contribution is 2.39. The lowest BCUT2D eigenvalue weighted by Crippen LogP contribution is -2.49. The number of hydrogen-bond acceptors (Lipinski definition) is 4. The first kappa shape index (κ1) is 23.4. The van der Waals surface area contributed by atoms with E-state index in [4.69, 9.17) is 9.47 Å². The minimum Gasteiger partial charge on any atom is -0.497 e. The van der Waals surface area contributed by atoms with Gasteiger partial charge in [-0.2, -0.15) is 0 Å². The zero-order valence-electron chi connectivity index (χ0n) is 20.2. The molecule has 1 fully saturated rings. The van der Waals surface area contributed by atoms with Crippen LogP contribution in [0, 0.1) is 11.7 Å². The van der Waals surface area contributed by atoms with E-state index in [1.54, 1.807) is 13.2 Å². The van der Waals surface area contributed by atoms with Gasteiger partial charge < -0.3 is 19.4 Å². The summed E-state index contributed by atoms with van der Waals surface area (Å²) in [5.74, 6) is 1.15. The van der Waals surface area contributed by atoms with Crippen molar-refractivity contribution in [1.29, 1.82) is 0 Å². The third-order valence-corrected chi connectivity index (χ3v) is 7.52. The van der Waals surface area contributed by atoms with Crippen LogP contribution >= 0.6 is 0 Å². The molecule has 1 aromatic heterocycles. The maximum absolute atomic E-state index is 14.4. The van der Waals surface area contributed by atoms with Crippen LogP contribution in [-0.2, 0) is 13.1 Å². The van der Waals surface area contributed by atoms with Crippen molar-refractivity contribution < 1.29 is 18.7 Å². The van der Waals surface area contributed by atoms with Gasteiger partial charge in [-0.05, 0) is 73.3 Å². The number of likely N-dealkylation sites (tertiary alicyclic amines) is 1. The number of piperidine rings is 1. The number of nitrogens with zero attached hydrogens (tertiary/aromatic N) is 2. The quantitative estimate of drug-likeness (QED) is 0.521. The summed E-state index contributed by atoms with van der Waals surface area (Å²) in [6.07, 6.45) is 5.07. The van der Waals surface area contributed by atoms with Crippen molar-refractivity contribution in [3.05, 3.63) is 83.4 Å². The first-order valence-electron chi connectivity index (χ1n) is 12.2. The second-order valence-corrected chi connectivity index (χ2v) is 9.49. The molecule has 6 nitrogen and oxygen atoms in total. The topological polar surface area (TPSA) is 55.7 Å². The van der Waals surface area contributed by atoms with E-state index in [0.717, 1.165) is 37.2 Å². The Kier molecular flexibility index (Phi) is 6.77. The Labute approximate surface area is 205 Å². The molecule has 0 unspecified atom stereocenters. The Morgan fingerprint density at radius 3 is 2.71 bits per heavy atom. The fourth-order valence-corrected chi connectivity index (χ4v) is 5.47. The Hall–Kier alpha value is -3.32. The third kappa shape index (κ3) is 5.05. The van der Waals surface area contributed by atoms with Crippen LogP contribution in [0.4, 0.5) is 4.39 Å². The summed E-state index contributed by atoms with van der Waals surface area (Å²) in [7, 11) is 1.57. The molecule has 3 aromatic rings. The zero-order valence-corrected chi connectivity index (χ0v) is 20.2. The number of rotatable bonds is 8. The smallest absolute Gasteiger partial charge is 0.252 e. The highest BCUT2D eigenvalue weighted by Gasteiger charge is 2.37. The highest BCUT2D eigenvalue weighted by atomic mass is 19.1. The van der Waals surface area contributed by atoms with Crippen molar-refractivity contribution in [2.24, 2.45) is 5.92 Å². The molecule has 2 aliphatic rings. The fourth-order valence-electron chi connectivity index (χ4n) is 5.47. The van der Waals surface area contributed by atoms with Gasteiger partial charge in [0.15, 0.2) is 0 Å². The summed E-state index contributed by atoms with van der Waals surface area (Å²) in [4.78, 5) is 14.6. The number of methoxy groups -OCH3 is 1. The molecule has 0 saturated carbocycles. The van der Waals surface area contributed by atoms with E-state index < -0.39 is 0 Å². The Morgan fingerprint density at radius 1 is 1.09 bits per heavy atom. The second-order valence-electron chi connectivity index (χ2n) is 9.49. The van der Waals surface area contributed by atoms with E-state index in [0.29, 0.717) is 30.2 Å². The van der Waals surface area contributed by atoms with Gasteiger partial charge in [-0.15, -0.1) is 0 Å². The first-order valence-corrected chi connectivity index (χ1v) is 12.2. The molecule has 5 rings (SSSR count). The van der Waals surface area contributed by atoms with Crippen molar-refractivity contribution in [2.45, 2.75) is 38.4 Å². The number of aromatic nitrogens is 1. The van der Waals surface area contributed by atoms with E-state index in [-0.39, 0.29) is 29.6 Å². The minimum absolute atomic E-state index is 0.0580. The monoisotopic (exact) mass is 477 g/mol. The predicted octanol–water partition coefficient (Wildman–Crippen LogP) is 4.45. The number of carbonyl (C=O) groups is 1. The molecule has 1 N–H and O–H groups in total. The number of ether oxygens (including phenoxy) is 2. The Balaban J connectivity index is 1.37. The van der Waals surface area contributed by atoms with E-state index in [9.17, 15) is 9.18 Å². The molecular formula is C28H32FN3O3. The summed E-state index contributed by atoms with van der Waals surface area (Å²) in [5, 5.41) is 2.85. The SMILES string of the molecule is COc1cc(F)cc([C@@H]2CCN(CCn3cccc3)[C@H](C)[C@H]2COc2ccc3c(c2)C(=O)NC3)c1. The van der Waals surface area contributed by atoms with E-state index in [2.05, 4.69) is 34.1 Å². The number of fused-ring (bicyclic) bond motifs is 1. The molecule has 2 aliphatic heterocycles. The van der Waals surface area contributed by atoms with Crippen molar-refractivity contribution in [3.63, 3.8) is 0 Å². The highest BCUT2D eigenvalue weighted by molar-refractivity contribution is 5.98. The maximum atomic E-state index is 14.4. The lowest BCUT2D eigenvalue weighted by Gasteiger charge is -2.44. The average Bonchev–Trinajstić information content (AvgIpc) is 3.52. The van der Waals surface area contributed by atoms with Crippen LogP contribution in [0.5, 0.6) is 11.5 Å². The van der Waals surface area contributed by atoms with Gasteiger partial charge in [-0.1, -0.05) is 6.07 Å². The van der Waals surface area contributed by atoms with Gasteiger partial charge in [0.25, 0.3) is 5.91 Å². The lowest BCUT2D eigenvalue weighted by atomic mass is 9.76. The first-order chi connectivity index (χ1) is 17.0. The van der Waals surface area contributed by atoms with Crippen LogP contribution in [0.25, 0.3) is 0 Å². The molecule has 1 saturated heterocycles. The maximum Gasteiger partial charge on any atom is 0.252 e. The Morgan fingerprint density at radius 2 is 1.91 bits per heavy atom. The number of amides is 1. The van der Waals surface area contributed by atoms with Gasteiger partial charge in [-0.25, -0.2) is 4.39 Å². The molecule has 2 aromatic carbocycles. The van der Waals surface area contributed by atoms with Crippen molar-refractivity contribution in [1.82, 2.24) is 14.8 Å². The zero-order chi connectivity index (χ0) is 24.4. The molecule has 184 valence electrons. The van der Waals surface area contributed by atoms with Crippen LogP contribution < -0.4 is 14.8 Å². The Bertz CT molecular complexity index is 1180. The second kappa shape index (κ2) is 10.1. The minimum atomic E-state index is -0.286. The summed E-state index contributed by atoms with van der Waals surface area (Å²) in [5.41, 5.74) is 2.62. The summed E-state index contributed by atoms with van der Waals surface area (Å²) in [6, 6.07) is 15.0. The largest absolute Gasteiger partial charge is 0.497 e. The van der Waals surface area contributed by atoms with E-state index in [1.165, 1.54) is 6.07 Å². The summed E-state index contributed by atoms with van der Waals surface area (Å²) in [6.45, 7) is 6.07. The average molecular weight is 478 g/mol. The molecule has 0 spiro atoms. The van der Waals surface area contributed by atoms with Gasteiger partial charge in [0, 0.05) is 55.6 Å². The van der Waals surface area contributed by atoms with Crippen LogP contribution in [0.1, 0.15) is 40.7 Å². The normalized spacial score (nSPS) is 22.0. The molecule has 0 bridgehead atoms. The van der Waals surface area contributed by atoms with Gasteiger partial charge in [0.1, 0.15) is 17.3 Å². The summed E-state index contributed by atoms with van der Waals surface area (Å²) >= 11 is 0. The molecule has 35 heavy (non-hydrogen) atoms. The van der Waals surface area contributed by atoms with Crippen LogP contribution in [-0.4, -0.2) is 48.2 Å². The number of halogens is 1. The number of benzene rings is 2. The predicted molar refractivity (Wildman–Crippen MR) is 132 cm³/mol. The molecular weight excluding hydrogens is 445 g/mol. The molecule has 7 heteroatoms. The van der Waals surface area contributed by atoms with Gasteiger partial charge in [-0.3, -0.25) is 9.69 Å². The van der Waals surface area contributed by atoms with Crippen LogP contribution in [0.3, 0.4) is 0 Å². The van der Waals surface area contributed by atoms with Crippen LogP contribution in [0.2, 0.25) is 0 Å². The molecule has 1 amide bonds. The van der Waals surface area contributed by atoms with Crippen LogP contribution in [0.15, 0.2) is 60.9 Å². The van der Waals surface area contributed by atoms with E-state index in [1.807, 2.05) is 36.4 Å². The fraction of sp³-hybridized carbons (Fsp3) is 0.393. The third-order valence-electron chi connectivity index (χ3n) is 7.52. The molecule has 0 aliphatic carbocycles. The standard InChI is InChI=1S/C28H32FN3O3/c1-19-27(18-35-23-6-5-20-17-30-28(33)26(20)16-23)25(21-13-22(29)15-24(14-21)34-2)7-10-32(19)12-11-31-8-3-4-9-31/h3-6,8-9,13-16,19,25,27H,7,10-12,17-18H2,1-2H3,(H,30,33)/t19-,25+,27-/m1/s1.